The van der Waals surface area contributed by atoms with Crippen molar-refractivity contribution in [1.29, 1.82) is 0 Å². The van der Waals surface area contributed by atoms with Gasteiger partial charge in [0, 0.05) is 22.0 Å². The van der Waals surface area contributed by atoms with Gasteiger partial charge < -0.3 is 10.1 Å². The Morgan fingerprint density at radius 1 is 1.03 bits per heavy atom. The van der Waals surface area contributed by atoms with Crippen LogP contribution in [0.15, 0.2) is 64.6 Å². The molecular formula is C24H25N3O2S3. The largest absolute Gasteiger partial charge is 0.484 e. The van der Waals surface area contributed by atoms with Crippen LogP contribution in [0.2, 0.25) is 0 Å². The molecule has 8 heteroatoms. The maximum atomic E-state index is 12.3. The third-order valence-corrected chi connectivity index (χ3v) is 8.55. The van der Waals surface area contributed by atoms with Crippen molar-refractivity contribution in [3.63, 3.8) is 0 Å². The van der Waals surface area contributed by atoms with E-state index >= 15 is 0 Å². The number of hydrogen-bond donors (Lipinski definition) is 1. The molecule has 4 rings (SSSR count). The van der Waals surface area contributed by atoms with Gasteiger partial charge in [0.15, 0.2) is 11.8 Å². The number of carbonyl (C=O) groups excluding carboxylic acids is 1. The molecule has 1 saturated heterocycles. The number of anilines is 1. The number of aromatic nitrogens is 2. The zero-order valence-electron chi connectivity index (χ0n) is 18.0. The number of nitrogens with zero attached hydrogens (tertiary/aromatic N) is 2. The monoisotopic (exact) mass is 483 g/mol. The lowest BCUT2D eigenvalue weighted by molar-refractivity contribution is -0.118. The Morgan fingerprint density at radius 3 is 2.34 bits per heavy atom. The van der Waals surface area contributed by atoms with Gasteiger partial charge in [-0.05, 0) is 91.6 Å². The Hall–Kier alpha value is -2.16. The molecule has 0 saturated carbocycles. The molecule has 1 aliphatic heterocycles. The van der Waals surface area contributed by atoms with Crippen LogP contribution in [0.5, 0.6) is 5.75 Å². The number of amides is 1. The molecule has 0 spiro atoms. The molecule has 0 radical (unpaired) electrons. The first-order valence-electron chi connectivity index (χ1n) is 10.4. The summed E-state index contributed by atoms with van der Waals surface area (Å²) in [6.45, 7) is 3.89. The average molecular weight is 484 g/mol. The van der Waals surface area contributed by atoms with E-state index in [0.717, 1.165) is 27.1 Å². The molecule has 3 aromatic rings. The molecule has 32 heavy (non-hydrogen) atoms. The van der Waals surface area contributed by atoms with E-state index in [-0.39, 0.29) is 12.5 Å². The van der Waals surface area contributed by atoms with E-state index in [0.29, 0.717) is 10.3 Å². The smallest absolute Gasteiger partial charge is 0.262 e. The molecule has 1 amide bonds. The zero-order valence-corrected chi connectivity index (χ0v) is 20.5. The fourth-order valence-corrected chi connectivity index (χ4v) is 6.95. The number of hydrogen-bond acceptors (Lipinski definition) is 7. The fourth-order valence-electron chi connectivity index (χ4n) is 3.20. The Labute approximate surface area is 201 Å². The number of nitrogens with one attached hydrogen (secondary N) is 1. The van der Waals surface area contributed by atoms with Gasteiger partial charge in [0.2, 0.25) is 0 Å². The second kappa shape index (κ2) is 11.1. The SMILES string of the molecule is Cc1cc(C)nc(Sc2ccc(NC(=O)COc3ccc(C4SCCCS4)cc3)cc2)n1. The van der Waals surface area contributed by atoms with Gasteiger partial charge in [0.1, 0.15) is 5.75 Å². The first-order valence-corrected chi connectivity index (χ1v) is 13.3. The van der Waals surface area contributed by atoms with E-state index in [1.165, 1.54) is 35.3 Å². The lowest BCUT2D eigenvalue weighted by Gasteiger charge is -2.21. The molecule has 1 aliphatic rings. The van der Waals surface area contributed by atoms with Crippen LogP contribution in [0.1, 0.15) is 28.0 Å². The van der Waals surface area contributed by atoms with Gasteiger partial charge in [-0.2, -0.15) is 0 Å². The van der Waals surface area contributed by atoms with E-state index in [1.54, 1.807) is 0 Å². The van der Waals surface area contributed by atoms with Crippen molar-refractivity contribution in [2.45, 2.75) is 34.9 Å². The van der Waals surface area contributed by atoms with Gasteiger partial charge >= 0.3 is 0 Å². The summed E-state index contributed by atoms with van der Waals surface area (Å²) in [5.74, 6) is 2.95. The minimum absolute atomic E-state index is 0.0286. The molecule has 1 aromatic heterocycles. The van der Waals surface area contributed by atoms with Crippen molar-refractivity contribution in [1.82, 2.24) is 9.97 Å². The van der Waals surface area contributed by atoms with Crippen LogP contribution in [-0.4, -0.2) is 34.0 Å². The van der Waals surface area contributed by atoms with E-state index in [9.17, 15) is 4.79 Å². The predicted octanol–water partition coefficient (Wildman–Crippen LogP) is 6.13. The van der Waals surface area contributed by atoms with Crippen molar-refractivity contribution in [2.75, 3.05) is 23.4 Å². The summed E-state index contributed by atoms with van der Waals surface area (Å²) >= 11 is 5.49. The zero-order chi connectivity index (χ0) is 22.3. The quantitative estimate of drug-likeness (QED) is 0.406. The third kappa shape index (κ3) is 6.67. The van der Waals surface area contributed by atoms with Crippen molar-refractivity contribution >= 4 is 46.9 Å². The minimum atomic E-state index is -0.189. The Bertz CT molecular complexity index is 1030. The highest BCUT2D eigenvalue weighted by Crippen LogP contribution is 2.43. The number of ether oxygens (including phenoxy) is 1. The summed E-state index contributed by atoms with van der Waals surface area (Å²) < 4.78 is 6.16. The van der Waals surface area contributed by atoms with E-state index in [2.05, 4.69) is 27.4 Å². The molecule has 1 N–H and O–H groups in total. The molecule has 0 bridgehead atoms. The summed E-state index contributed by atoms with van der Waals surface area (Å²) in [4.78, 5) is 22.2. The first-order chi connectivity index (χ1) is 15.5. The van der Waals surface area contributed by atoms with Crippen LogP contribution in [0.3, 0.4) is 0 Å². The van der Waals surface area contributed by atoms with Crippen LogP contribution < -0.4 is 10.1 Å². The molecule has 0 atom stereocenters. The van der Waals surface area contributed by atoms with Crippen LogP contribution in [-0.2, 0) is 4.79 Å². The van der Waals surface area contributed by atoms with Crippen LogP contribution in [0.4, 0.5) is 5.69 Å². The number of carbonyl (C=O) groups is 1. The molecule has 1 fully saturated rings. The second-order valence-electron chi connectivity index (χ2n) is 7.39. The highest BCUT2D eigenvalue weighted by atomic mass is 32.2. The molecule has 0 aliphatic carbocycles. The normalized spacial score (nSPS) is 14.2. The summed E-state index contributed by atoms with van der Waals surface area (Å²) in [6, 6.07) is 17.7. The van der Waals surface area contributed by atoms with Crippen LogP contribution in [0, 0.1) is 13.8 Å². The number of benzene rings is 2. The predicted molar refractivity (Wildman–Crippen MR) is 135 cm³/mol. The summed E-state index contributed by atoms with van der Waals surface area (Å²) in [5.41, 5.74) is 3.93. The van der Waals surface area contributed by atoms with E-state index in [4.69, 9.17) is 4.74 Å². The molecule has 2 aromatic carbocycles. The standard InChI is InChI=1S/C24H25N3O2S3/c1-16-14-17(2)26-24(25-16)32-21-10-6-19(7-11-21)27-22(28)15-29-20-8-4-18(5-9-20)23-30-12-3-13-31-23/h4-11,14,23H,3,12-13,15H2,1-2H3,(H,27,28). The summed E-state index contributed by atoms with van der Waals surface area (Å²) in [7, 11) is 0. The Morgan fingerprint density at radius 2 is 1.69 bits per heavy atom. The van der Waals surface area contributed by atoms with Gasteiger partial charge in [-0.25, -0.2) is 9.97 Å². The summed E-state index contributed by atoms with van der Waals surface area (Å²) in [5, 5.41) is 3.60. The molecular weight excluding hydrogens is 458 g/mol. The number of rotatable bonds is 7. The minimum Gasteiger partial charge on any atom is -0.484 e. The fraction of sp³-hybridized carbons (Fsp3) is 0.292. The lowest BCUT2D eigenvalue weighted by Crippen LogP contribution is -2.20. The first kappa shape index (κ1) is 23.0. The van der Waals surface area contributed by atoms with Crippen molar-refractivity contribution in [2.24, 2.45) is 0 Å². The van der Waals surface area contributed by atoms with Gasteiger partial charge in [-0.1, -0.05) is 12.1 Å². The van der Waals surface area contributed by atoms with Gasteiger partial charge in [0.25, 0.3) is 5.91 Å². The van der Waals surface area contributed by atoms with E-state index < -0.39 is 0 Å². The van der Waals surface area contributed by atoms with Gasteiger partial charge in [-0.3, -0.25) is 4.79 Å². The summed E-state index contributed by atoms with van der Waals surface area (Å²) in [6.07, 6.45) is 1.28. The highest BCUT2D eigenvalue weighted by molar-refractivity contribution is 8.16. The van der Waals surface area contributed by atoms with Crippen molar-refractivity contribution < 1.29 is 9.53 Å². The molecule has 2 heterocycles. The van der Waals surface area contributed by atoms with Gasteiger partial charge in [0.05, 0.1) is 4.58 Å². The number of thioether (sulfide) groups is 2. The molecule has 5 nitrogen and oxygen atoms in total. The van der Waals surface area contributed by atoms with Crippen molar-refractivity contribution in [3.05, 3.63) is 71.5 Å². The van der Waals surface area contributed by atoms with Gasteiger partial charge in [-0.15, -0.1) is 23.5 Å². The van der Waals surface area contributed by atoms with E-state index in [1.807, 2.05) is 79.8 Å². The number of aryl methyl sites for hydroxylation is 2. The molecule has 0 unspecified atom stereocenters. The maximum absolute atomic E-state index is 12.3. The van der Waals surface area contributed by atoms with Crippen LogP contribution >= 0.6 is 35.3 Å². The lowest BCUT2D eigenvalue weighted by atomic mass is 10.2. The second-order valence-corrected chi connectivity index (χ2v) is 11.2. The van der Waals surface area contributed by atoms with Crippen LogP contribution in [0.25, 0.3) is 0 Å². The average Bonchev–Trinajstić information content (AvgIpc) is 2.79. The topological polar surface area (TPSA) is 64.1 Å². The Balaban J connectivity index is 1.25. The van der Waals surface area contributed by atoms with Crippen molar-refractivity contribution in [3.8, 4) is 5.75 Å². The highest BCUT2D eigenvalue weighted by Gasteiger charge is 2.16. The maximum Gasteiger partial charge on any atom is 0.262 e. The third-order valence-electron chi connectivity index (χ3n) is 4.66. The Kier molecular flexibility index (Phi) is 8.00. The molecule has 166 valence electrons.